The van der Waals surface area contributed by atoms with Gasteiger partial charge in [-0.2, -0.15) is 0 Å². The Morgan fingerprint density at radius 1 is 1.30 bits per heavy atom. The minimum atomic E-state index is -0.0208. The highest BCUT2D eigenvalue weighted by molar-refractivity contribution is 5.15. The molecule has 3 atom stereocenters. The summed E-state index contributed by atoms with van der Waals surface area (Å²) in [5.41, 5.74) is 0.657. The Hall–Kier alpha value is -0.0400. The Kier molecular flexibility index (Phi) is 0.949. The molecule has 0 heterocycles. The standard InChI is InChI=1S/C9H16O/c1-8(2)6-4-7(10)9(8,3)5-6/h6-7,10H,4-5H2,1-3H3. The maximum absolute atomic E-state index is 9.63. The first kappa shape index (κ1) is 6.66. The lowest BCUT2D eigenvalue weighted by Crippen LogP contribution is -2.49. The fourth-order valence-electron chi connectivity index (χ4n) is 2.84. The fraction of sp³-hybridized carbons (Fsp3) is 1.00. The summed E-state index contributed by atoms with van der Waals surface area (Å²) in [5, 5.41) is 9.63. The van der Waals surface area contributed by atoms with E-state index in [0.29, 0.717) is 5.41 Å². The van der Waals surface area contributed by atoms with E-state index in [9.17, 15) is 5.11 Å². The largest absolute Gasteiger partial charge is 0.393 e. The van der Waals surface area contributed by atoms with Crippen LogP contribution < -0.4 is 0 Å². The van der Waals surface area contributed by atoms with Crippen LogP contribution >= 0.6 is 0 Å². The molecule has 1 heteroatoms. The molecule has 0 radical (unpaired) electrons. The lowest BCUT2D eigenvalue weighted by atomic mass is 9.51. The lowest BCUT2D eigenvalue weighted by Gasteiger charge is -2.53. The van der Waals surface area contributed by atoms with Gasteiger partial charge < -0.3 is 5.11 Å². The SMILES string of the molecule is CC1(C)C2CC(O)C1(C)C2. The fourth-order valence-corrected chi connectivity index (χ4v) is 2.84. The van der Waals surface area contributed by atoms with Crippen molar-refractivity contribution in [3.05, 3.63) is 0 Å². The molecule has 3 saturated carbocycles. The van der Waals surface area contributed by atoms with Crippen molar-refractivity contribution in [2.45, 2.75) is 39.7 Å². The predicted molar refractivity (Wildman–Crippen MR) is 40.6 cm³/mol. The molecule has 3 unspecified atom stereocenters. The quantitative estimate of drug-likeness (QED) is 0.544. The molecule has 58 valence electrons. The van der Waals surface area contributed by atoms with Gasteiger partial charge in [0.1, 0.15) is 0 Å². The third-order valence-corrected chi connectivity index (χ3v) is 4.41. The molecule has 0 aromatic rings. The van der Waals surface area contributed by atoms with Crippen molar-refractivity contribution in [1.29, 1.82) is 0 Å². The second-order valence-electron chi connectivity index (χ2n) is 4.79. The summed E-state index contributed by atoms with van der Waals surface area (Å²) in [5.74, 6) is 0.799. The zero-order valence-corrected chi connectivity index (χ0v) is 7.02. The van der Waals surface area contributed by atoms with Gasteiger partial charge in [0.2, 0.25) is 0 Å². The summed E-state index contributed by atoms with van der Waals surface area (Å²) in [6.45, 7) is 6.80. The van der Waals surface area contributed by atoms with Gasteiger partial charge in [0.15, 0.2) is 0 Å². The lowest BCUT2D eigenvalue weighted by molar-refractivity contribution is -0.0841. The van der Waals surface area contributed by atoms with Crippen LogP contribution in [0.4, 0.5) is 0 Å². The third kappa shape index (κ3) is 0.430. The van der Waals surface area contributed by atoms with E-state index in [4.69, 9.17) is 0 Å². The van der Waals surface area contributed by atoms with Crippen LogP contribution in [0.5, 0.6) is 0 Å². The molecule has 3 rings (SSSR count). The minimum absolute atomic E-state index is 0.0208. The Morgan fingerprint density at radius 3 is 2.00 bits per heavy atom. The van der Waals surface area contributed by atoms with Crippen LogP contribution in [0.1, 0.15) is 33.6 Å². The van der Waals surface area contributed by atoms with Gasteiger partial charge >= 0.3 is 0 Å². The Balaban J connectivity index is 2.34. The van der Waals surface area contributed by atoms with Crippen molar-refractivity contribution in [1.82, 2.24) is 0 Å². The molecule has 3 aliphatic carbocycles. The minimum Gasteiger partial charge on any atom is -0.393 e. The number of hydrogen-bond donors (Lipinski definition) is 1. The second kappa shape index (κ2) is 1.42. The van der Waals surface area contributed by atoms with Crippen LogP contribution in [0, 0.1) is 16.7 Å². The first-order chi connectivity index (χ1) is 4.48. The highest BCUT2D eigenvalue weighted by atomic mass is 16.3. The highest BCUT2D eigenvalue weighted by Crippen LogP contribution is 2.70. The van der Waals surface area contributed by atoms with Gasteiger partial charge in [-0.05, 0) is 29.6 Å². The zero-order valence-electron chi connectivity index (χ0n) is 7.02. The molecule has 0 saturated heterocycles. The Morgan fingerprint density at radius 2 is 1.90 bits per heavy atom. The van der Waals surface area contributed by atoms with Gasteiger partial charge in [-0.3, -0.25) is 0 Å². The topological polar surface area (TPSA) is 20.2 Å². The van der Waals surface area contributed by atoms with E-state index in [0.717, 1.165) is 12.3 Å². The van der Waals surface area contributed by atoms with E-state index in [2.05, 4.69) is 20.8 Å². The molecule has 3 fully saturated rings. The molecule has 10 heavy (non-hydrogen) atoms. The van der Waals surface area contributed by atoms with Crippen molar-refractivity contribution >= 4 is 0 Å². The van der Waals surface area contributed by atoms with Crippen LogP contribution in [0.15, 0.2) is 0 Å². The second-order valence-corrected chi connectivity index (χ2v) is 4.79. The van der Waals surface area contributed by atoms with Crippen molar-refractivity contribution < 1.29 is 5.11 Å². The van der Waals surface area contributed by atoms with Crippen LogP contribution in [-0.2, 0) is 0 Å². The number of rotatable bonds is 0. The van der Waals surface area contributed by atoms with Crippen molar-refractivity contribution in [2.75, 3.05) is 0 Å². The van der Waals surface area contributed by atoms with Crippen molar-refractivity contribution in [3.8, 4) is 0 Å². The van der Waals surface area contributed by atoms with Gasteiger partial charge in [-0.15, -0.1) is 0 Å². The van der Waals surface area contributed by atoms with Crippen LogP contribution in [-0.4, -0.2) is 11.2 Å². The van der Waals surface area contributed by atoms with E-state index >= 15 is 0 Å². The Bertz CT molecular complexity index is 172. The van der Waals surface area contributed by atoms with Crippen molar-refractivity contribution in [3.63, 3.8) is 0 Å². The molecule has 0 amide bonds. The molecule has 0 aromatic heterocycles. The normalized spacial score (nSPS) is 56.4. The van der Waals surface area contributed by atoms with Crippen molar-refractivity contribution in [2.24, 2.45) is 16.7 Å². The molecular formula is C9H16O. The molecule has 3 aliphatic rings. The maximum Gasteiger partial charge on any atom is 0.0601 e. The van der Waals surface area contributed by atoms with E-state index in [1.54, 1.807) is 0 Å². The average molecular weight is 140 g/mol. The number of fused-ring (bicyclic) bond motifs is 1. The summed E-state index contributed by atoms with van der Waals surface area (Å²) >= 11 is 0. The smallest absolute Gasteiger partial charge is 0.0601 e. The van der Waals surface area contributed by atoms with Gasteiger partial charge in [0.25, 0.3) is 0 Å². The molecule has 2 bridgehead atoms. The molecular weight excluding hydrogens is 124 g/mol. The number of aliphatic hydroxyl groups excluding tert-OH is 1. The summed E-state index contributed by atoms with van der Waals surface area (Å²) in [6, 6.07) is 0. The summed E-state index contributed by atoms with van der Waals surface area (Å²) in [7, 11) is 0. The maximum atomic E-state index is 9.63. The molecule has 0 aromatic carbocycles. The van der Waals surface area contributed by atoms with Gasteiger partial charge in [0, 0.05) is 0 Å². The summed E-state index contributed by atoms with van der Waals surface area (Å²) in [6.07, 6.45) is 2.28. The number of hydrogen-bond acceptors (Lipinski definition) is 1. The van der Waals surface area contributed by atoms with Crippen LogP contribution in [0.3, 0.4) is 0 Å². The average Bonchev–Trinajstić information content (AvgIpc) is 2.20. The third-order valence-electron chi connectivity index (χ3n) is 4.41. The zero-order chi connectivity index (χ0) is 7.57. The first-order valence-electron chi connectivity index (χ1n) is 4.16. The highest BCUT2D eigenvalue weighted by Gasteiger charge is 2.66. The molecule has 0 aliphatic heterocycles. The molecule has 1 nitrogen and oxygen atoms in total. The van der Waals surface area contributed by atoms with E-state index in [-0.39, 0.29) is 11.5 Å². The van der Waals surface area contributed by atoms with Crippen LogP contribution in [0.25, 0.3) is 0 Å². The van der Waals surface area contributed by atoms with E-state index < -0.39 is 0 Å². The van der Waals surface area contributed by atoms with Gasteiger partial charge in [0.05, 0.1) is 6.10 Å². The summed E-state index contributed by atoms with van der Waals surface area (Å²) in [4.78, 5) is 0. The Labute approximate surface area is 62.4 Å². The molecule has 0 spiro atoms. The predicted octanol–water partition coefficient (Wildman–Crippen LogP) is 1.80. The monoisotopic (exact) mass is 140 g/mol. The van der Waals surface area contributed by atoms with Gasteiger partial charge in [-0.25, -0.2) is 0 Å². The number of aliphatic hydroxyl groups is 1. The van der Waals surface area contributed by atoms with E-state index in [1.165, 1.54) is 6.42 Å². The summed E-state index contributed by atoms with van der Waals surface area (Å²) < 4.78 is 0. The van der Waals surface area contributed by atoms with Crippen LogP contribution in [0.2, 0.25) is 0 Å². The molecule has 1 N–H and O–H groups in total. The first-order valence-corrected chi connectivity index (χ1v) is 4.16. The van der Waals surface area contributed by atoms with Gasteiger partial charge in [-0.1, -0.05) is 20.8 Å². The van der Waals surface area contributed by atoms with E-state index in [1.807, 2.05) is 0 Å².